The van der Waals surface area contributed by atoms with Crippen molar-refractivity contribution in [3.05, 3.63) is 0 Å². The van der Waals surface area contributed by atoms with E-state index in [1.165, 1.54) is 18.9 Å². The van der Waals surface area contributed by atoms with Gasteiger partial charge in [0.05, 0.1) is 14.2 Å². The average Bonchev–Trinajstić information content (AvgIpc) is 2.28. The molecule has 1 aromatic heterocycles. The first-order valence-electron chi connectivity index (χ1n) is 4.54. The largest absolute Gasteiger partial charge is 0.480 e. The Morgan fingerprint density at radius 2 is 2.00 bits per heavy atom. The number of rotatable bonds is 5. The number of nitrogens with one attached hydrogen (secondary N) is 1. The molecule has 0 unspecified atom stereocenters. The maximum Gasteiger partial charge on any atom is 0.321 e. The van der Waals surface area contributed by atoms with E-state index in [9.17, 15) is 0 Å². The molecule has 1 N–H and O–H groups in total. The van der Waals surface area contributed by atoms with Gasteiger partial charge in [0.15, 0.2) is 5.82 Å². The van der Waals surface area contributed by atoms with Crippen molar-refractivity contribution < 1.29 is 9.47 Å². The smallest absolute Gasteiger partial charge is 0.321 e. The lowest BCUT2D eigenvalue weighted by molar-refractivity contribution is 0.346. The maximum atomic E-state index is 5.17. The minimum absolute atomic E-state index is 0.306. The number of thioether (sulfide) groups is 1. The Balaban J connectivity index is 3.19. The van der Waals surface area contributed by atoms with E-state index in [1.54, 1.807) is 7.11 Å². The monoisotopic (exact) mass is 229 g/mol. The second kappa shape index (κ2) is 5.65. The third-order valence-electron chi connectivity index (χ3n) is 1.74. The summed E-state index contributed by atoms with van der Waals surface area (Å²) in [5.74, 6) is 1.28. The first-order chi connectivity index (χ1) is 7.26. The fourth-order valence-corrected chi connectivity index (χ4v) is 1.73. The number of anilines is 1. The Morgan fingerprint density at radius 3 is 2.47 bits per heavy atom. The van der Waals surface area contributed by atoms with E-state index in [2.05, 4.69) is 15.3 Å². The van der Waals surface area contributed by atoms with E-state index in [4.69, 9.17) is 9.47 Å². The molecule has 1 heterocycles. The summed E-state index contributed by atoms with van der Waals surface area (Å²) < 4.78 is 10.2. The van der Waals surface area contributed by atoms with Crippen molar-refractivity contribution in [2.75, 3.05) is 32.3 Å². The summed E-state index contributed by atoms with van der Waals surface area (Å²) in [6, 6.07) is 0.306. The van der Waals surface area contributed by atoms with Crippen LogP contribution in [0, 0.1) is 0 Å². The lowest BCUT2D eigenvalue weighted by Gasteiger charge is -2.12. The van der Waals surface area contributed by atoms with Gasteiger partial charge in [0.1, 0.15) is 4.90 Å². The zero-order valence-corrected chi connectivity index (χ0v) is 10.1. The van der Waals surface area contributed by atoms with Crippen LogP contribution in [-0.2, 0) is 0 Å². The van der Waals surface area contributed by atoms with Crippen molar-refractivity contribution in [2.45, 2.75) is 11.8 Å². The van der Waals surface area contributed by atoms with Gasteiger partial charge in [-0.2, -0.15) is 9.97 Å². The predicted octanol–water partition coefficient (Wildman–Crippen LogP) is 1.65. The number of hydrogen-bond donors (Lipinski definition) is 1. The second-order valence-corrected chi connectivity index (χ2v) is 3.45. The summed E-state index contributed by atoms with van der Waals surface area (Å²) in [7, 11) is 3.11. The van der Waals surface area contributed by atoms with Gasteiger partial charge in [-0.25, -0.2) is 0 Å². The molecule has 15 heavy (non-hydrogen) atoms. The summed E-state index contributed by atoms with van der Waals surface area (Å²) in [6.07, 6.45) is 1.95. The summed E-state index contributed by atoms with van der Waals surface area (Å²) in [6.45, 7) is 2.79. The number of nitrogens with zero attached hydrogens (tertiary/aromatic N) is 2. The van der Waals surface area contributed by atoms with E-state index in [1.807, 2.05) is 13.2 Å². The van der Waals surface area contributed by atoms with Crippen LogP contribution in [0.15, 0.2) is 4.90 Å². The first-order valence-corrected chi connectivity index (χ1v) is 5.77. The third kappa shape index (κ3) is 2.65. The normalized spacial score (nSPS) is 9.87. The second-order valence-electron chi connectivity index (χ2n) is 2.63. The highest BCUT2D eigenvalue weighted by Crippen LogP contribution is 2.33. The molecule has 0 radical (unpaired) electrons. The SMILES string of the molecule is CCNc1nc(OC)nc(OC)c1SC. The van der Waals surface area contributed by atoms with Crippen molar-refractivity contribution >= 4 is 17.6 Å². The van der Waals surface area contributed by atoms with Gasteiger partial charge < -0.3 is 14.8 Å². The lowest BCUT2D eigenvalue weighted by atomic mass is 10.5. The van der Waals surface area contributed by atoms with Gasteiger partial charge in [0.2, 0.25) is 5.88 Å². The van der Waals surface area contributed by atoms with E-state index in [0.29, 0.717) is 11.9 Å². The van der Waals surface area contributed by atoms with Crippen LogP contribution in [0.3, 0.4) is 0 Å². The fraction of sp³-hybridized carbons (Fsp3) is 0.556. The summed E-state index contributed by atoms with van der Waals surface area (Å²) >= 11 is 1.54. The molecule has 0 aromatic carbocycles. The van der Waals surface area contributed by atoms with Crippen molar-refractivity contribution in [2.24, 2.45) is 0 Å². The van der Waals surface area contributed by atoms with Gasteiger partial charge in [-0.15, -0.1) is 11.8 Å². The van der Waals surface area contributed by atoms with Gasteiger partial charge >= 0.3 is 6.01 Å². The Labute approximate surface area is 93.6 Å². The summed E-state index contributed by atoms with van der Waals surface area (Å²) in [4.78, 5) is 9.21. The Morgan fingerprint density at radius 1 is 1.27 bits per heavy atom. The molecule has 0 spiro atoms. The third-order valence-corrected chi connectivity index (χ3v) is 2.51. The molecule has 84 valence electrons. The molecule has 0 aliphatic carbocycles. The van der Waals surface area contributed by atoms with Crippen LogP contribution in [0.25, 0.3) is 0 Å². The first kappa shape index (κ1) is 11.9. The van der Waals surface area contributed by atoms with Crippen LogP contribution in [0.1, 0.15) is 6.92 Å². The van der Waals surface area contributed by atoms with Crippen LogP contribution in [0.5, 0.6) is 11.9 Å². The predicted molar refractivity (Wildman–Crippen MR) is 61.1 cm³/mol. The van der Waals surface area contributed by atoms with Crippen LogP contribution in [0.4, 0.5) is 5.82 Å². The van der Waals surface area contributed by atoms with Gasteiger partial charge in [0.25, 0.3) is 0 Å². The van der Waals surface area contributed by atoms with Crippen LogP contribution in [0.2, 0.25) is 0 Å². The summed E-state index contributed by atoms with van der Waals surface area (Å²) in [5, 5.41) is 3.14. The van der Waals surface area contributed by atoms with Gasteiger partial charge in [0, 0.05) is 6.54 Å². The lowest BCUT2D eigenvalue weighted by Crippen LogP contribution is -2.05. The highest BCUT2D eigenvalue weighted by Gasteiger charge is 2.14. The highest BCUT2D eigenvalue weighted by molar-refractivity contribution is 7.98. The molecule has 6 heteroatoms. The zero-order valence-electron chi connectivity index (χ0n) is 9.33. The molecule has 1 rings (SSSR count). The molecule has 0 amide bonds. The van der Waals surface area contributed by atoms with E-state index in [0.717, 1.165) is 17.3 Å². The number of aromatic nitrogens is 2. The van der Waals surface area contributed by atoms with Crippen LogP contribution < -0.4 is 14.8 Å². The number of ether oxygens (including phenoxy) is 2. The number of hydrogen-bond acceptors (Lipinski definition) is 6. The number of methoxy groups -OCH3 is 2. The Kier molecular flexibility index (Phi) is 4.48. The Bertz CT molecular complexity index is 333. The quantitative estimate of drug-likeness (QED) is 0.775. The van der Waals surface area contributed by atoms with Crippen LogP contribution in [-0.4, -0.2) is 37.0 Å². The maximum absolute atomic E-state index is 5.17. The van der Waals surface area contributed by atoms with Gasteiger partial charge in [-0.1, -0.05) is 0 Å². The Hall–Kier alpha value is -1.17. The minimum atomic E-state index is 0.306. The molecule has 0 saturated carbocycles. The summed E-state index contributed by atoms with van der Waals surface area (Å²) in [5.41, 5.74) is 0. The molecule has 0 atom stereocenters. The van der Waals surface area contributed by atoms with E-state index < -0.39 is 0 Å². The van der Waals surface area contributed by atoms with Crippen molar-refractivity contribution in [1.29, 1.82) is 0 Å². The standard InChI is InChI=1S/C9H15N3O2S/c1-5-10-7-6(15-4)8(13-2)12-9(11-7)14-3/h5H2,1-4H3,(H,10,11,12). The molecule has 0 aliphatic rings. The van der Waals surface area contributed by atoms with Gasteiger partial charge in [-0.3, -0.25) is 0 Å². The van der Waals surface area contributed by atoms with Gasteiger partial charge in [-0.05, 0) is 13.2 Å². The molecular weight excluding hydrogens is 214 g/mol. The average molecular weight is 229 g/mol. The topological polar surface area (TPSA) is 56.3 Å². The van der Waals surface area contributed by atoms with E-state index >= 15 is 0 Å². The molecular formula is C9H15N3O2S. The molecule has 5 nitrogen and oxygen atoms in total. The zero-order chi connectivity index (χ0) is 11.3. The minimum Gasteiger partial charge on any atom is -0.480 e. The molecule has 0 fully saturated rings. The molecule has 0 bridgehead atoms. The molecule has 0 saturated heterocycles. The van der Waals surface area contributed by atoms with Crippen LogP contribution >= 0.6 is 11.8 Å². The molecule has 0 aliphatic heterocycles. The van der Waals surface area contributed by atoms with Crippen molar-refractivity contribution in [1.82, 2.24) is 9.97 Å². The van der Waals surface area contributed by atoms with Crippen molar-refractivity contribution in [3.8, 4) is 11.9 Å². The highest BCUT2D eigenvalue weighted by atomic mass is 32.2. The molecule has 1 aromatic rings. The fourth-order valence-electron chi connectivity index (χ4n) is 1.11. The van der Waals surface area contributed by atoms with Crippen molar-refractivity contribution in [3.63, 3.8) is 0 Å². The van der Waals surface area contributed by atoms with E-state index in [-0.39, 0.29) is 0 Å².